The van der Waals surface area contributed by atoms with E-state index in [1.54, 1.807) is 6.92 Å². The van der Waals surface area contributed by atoms with Gasteiger partial charge in [-0.15, -0.1) is 0 Å². The summed E-state index contributed by atoms with van der Waals surface area (Å²) in [6, 6.07) is 0.341. The standard InChI is InChI=1S/C15H25N3O2/c1-4-20-15(19)13-14(16)18(11(3)17-13)12-9-7-5-6-8-10(12)2/h10,12H,4-9,16H2,1-3H3. The minimum absolute atomic E-state index is 0.265. The molecule has 1 aromatic heterocycles. The highest BCUT2D eigenvalue weighted by Gasteiger charge is 2.28. The molecule has 1 aromatic rings. The Labute approximate surface area is 120 Å². The van der Waals surface area contributed by atoms with Crippen molar-refractivity contribution in [1.82, 2.24) is 9.55 Å². The average Bonchev–Trinajstić information content (AvgIpc) is 2.58. The van der Waals surface area contributed by atoms with E-state index in [-0.39, 0.29) is 5.69 Å². The lowest BCUT2D eigenvalue weighted by Crippen LogP contribution is -2.20. The molecule has 2 unspecified atom stereocenters. The number of ether oxygens (including phenoxy) is 1. The first kappa shape index (κ1) is 14.9. The minimum Gasteiger partial charge on any atom is -0.461 e. The number of hydrogen-bond acceptors (Lipinski definition) is 4. The molecule has 2 atom stereocenters. The van der Waals surface area contributed by atoms with Gasteiger partial charge in [0.25, 0.3) is 0 Å². The highest BCUT2D eigenvalue weighted by Crippen LogP contribution is 2.35. The van der Waals surface area contributed by atoms with E-state index in [2.05, 4.69) is 11.9 Å². The highest BCUT2D eigenvalue weighted by atomic mass is 16.5. The molecule has 5 heteroatoms. The molecule has 0 saturated heterocycles. The fourth-order valence-corrected chi connectivity index (χ4v) is 3.19. The number of nitrogens with two attached hydrogens (primary N) is 1. The number of carbonyl (C=O) groups is 1. The van der Waals surface area contributed by atoms with Crippen LogP contribution < -0.4 is 5.73 Å². The molecule has 1 aliphatic rings. The third-order valence-electron chi connectivity index (χ3n) is 4.24. The normalized spacial score (nSPS) is 23.4. The Balaban J connectivity index is 2.33. The van der Waals surface area contributed by atoms with Gasteiger partial charge in [0.05, 0.1) is 6.61 Å². The lowest BCUT2D eigenvalue weighted by atomic mass is 9.96. The number of aryl methyl sites for hydroxylation is 1. The van der Waals surface area contributed by atoms with Crippen LogP contribution in [0.2, 0.25) is 0 Å². The third kappa shape index (κ3) is 2.81. The number of nitrogens with zero attached hydrogens (tertiary/aromatic N) is 2. The maximum atomic E-state index is 11.9. The molecule has 0 aromatic carbocycles. The SMILES string of the molecule is CCOC(=O)c1nc(C)n(C2CCCCCC2C)c1N. The van der Waals surface area contributed by atoms with E-state index >= 15 is 0 Å². The molecule has 0 bridgehead atoms. The minimum atomic E-state index is -0.423. The Morgan fingerprint density at radius 1 is 1.40 bits per heavy atom. The summed E-state index contributed by atoms with van der Waals surface area (Å²) >= 11 is 0. The molecular formula is C15H25N3O2. The number of imidazole rings is 1. The fraction of sp³-hybridized carbons (Fsp3) is 0.733. The second kappa shape index (κ2) is 6.29. The number of hydrogen-bond donors (Lipinski definition) is 1. The van der Waals surface area contributed by atoms with Gasteiger partial charge in [-0.3, -0.25) is 0 Å². The van der Waals surface area contributed by atoms with E-state index in [1.165, 1.54) is 25.7 Å². The van der Waals surface area contributed by atoms with Gasteiger partial charge in [0.15, 0.2) is 5.69 Å². The molecular weight excluding hydrogens is 254 g/mol. The van der Waals surface area contributed by atoms with Gasteiger partial charge in [-0.05, 0) is 32.6 Å². The van der Waals surface area contributed by atoms with E-state index in [0.717, 1.165) is 12.2 Å². The molecule has 0 aliphatic heterocycles. The quantitative estimate of drug-likeness (QED) is 0.682. The van der Waals surface area contributed by atoms with E-state index in [4.69, 9.17) is 10.5 Å². The van der Waals surface area contributed by atoms with Crippen molar-refractivity contribution in [3.05, 3.63) is 11.5 Å². The molecule has 112 valence electrons. The van der Waals surface area contributed by atoms with Crippen LogP contribution in [0.3, 0.4) is 0 Å². The van der Waals surface area contributed by atoms with Gasteiger partial charge in [0, 0.05) is 6.04 Å². The lowest BCUT2D eigenvalue weighted by Gasteiger charge is -2.25. The van der Waals surface area contributed by atoms with E-state index in [0.29, 0.717) is 24.4 Å². The number of anilines is 1. The van der Waals surface area contributed by atoms with Crippen molar-refractivity contribution in [2.75, 3.05) is 12.3 Å². The molecule has 5 nitrogen and oxygen atoms in total. The first-order valence-corrected chi connectivity index (χ1v) is 7.57. The summed E-state index contributed by atoms with van der Waals surface area (Å²) < 4.78 is 7.07. The zero-order valence-electron chi connectivity index (χ0n) is 12.7. The zero-order chi connectivity index (χ0) is 14.7. The van der Waals surface area contributed by atoms with Gasteiger partial charge in [-0.1, -0.05) is 26.2 Å². The third-order valence-corrected chi connectivity index (χ3v) is 4.24. The number of nitrogen functional groups attached to an aromatic ring is 1. The van der Waals surface area contributed by atoms with Crippen LogP contribution in [0.4, 0.5) is 5.82 Å². The molecule has 0 spiro atoms. The number of carbonyl (C=O) groups excluding carboxylic acids is 1. The predicted octanol–water partition coefficient (Wildman–Crippen LogP) is 3.09. The number of esters is 1. The fourth-order valence-electron chi connectivity index (χ4n) is 3.19. The van der Waals surface area contributed by atoms with E-state index in [1.807, 2.05) is 11.5 Å². The maximum absolute atomic E-state index is 11.9. The summed E-state index contributed by atoms with van der Waals surface area (Å²) in [5.41, 5.74) is 6.44. The van der Waals surface area contributed by atoms with Crippen molar-refractivity contribution in [3.63, 3.8) is 0 Å². The van der Waals surface area contributed by atoms with Crippen LogP contribution in [0.5, 0.6) is 0 Å². The van der Waals surface area contributed by atoms with Gasteiger partial charge in [-0.2, -0.15) is 0 Å². The Hall–Kier alpha value is -1.52. The number of aromatic nitrogens is 2. The van der Waals surface area contributed by atoms with E-state index in [9.17, 15) is 4.79 Å². The van der Waals surface area contributed by atoms with Gasteiger partial charge in [-0.25, -0.2) is 9.78 Å². The second-order valence-corrected chi connectivity index (χ2v) is 5.67. The van der Waals surface area contributed by atoms with Crippen molar-refractivity contribution >= 4 is 11.8 Å². The molecule has 0 radical (unpaired) electrons. The zero-order valence-corrected chi connectivity index (χ0v) is 12.7. The summed E-state index contributed by atoms with van der Waals surface area (Å²) in [5.74, 6) is 1.40. The van der Waals surface area contributed by atoms with Crippen LogP contribution in [0.15, 0.2) is 0 Å². The summed E-state index contributed by atoms with van der Waals surface area (Å²) in [6.07, 6.45) is 6.07. The Morgan fingerprint density at radius 2 is 2.10 bits per heavy atom. The van der Waals surface area contributed by atoms with Crippen LogP contribution in [0.1, 0.15) is 68.3 Å². The van der Waals surface area contributed by atoms with Crippen LogP contribution in [0.25, 0.3) is 0 Å². The summed E-state index contributed by atoms with van der Waals surface area (Å²) in [5, 5.41) is 0. The molecule has 1 heterocycles. The molecule has 1 saturated carbocycles. The Kier molecular flexibility index (Phi) is 4.68. The molecule has 1 aliphatic carbocycles. The molecule has 1 fully saturated rings. The van der Waals surface area contributed by atoms with Crippen molar-refractivity contribution in [3.8, 4) is 0 Å². The van der Waals surface area contributed by atoms with Gasteiger partial charge in [0.2, 0.25) is 0 Å². The summed E-state index contributed by atoms with van der Waals surface area (Å²) in [4.78, 5) is 16.2. The van der Waals surface area contributed by atoms with Crippen molar-refractivity contribution in [2.45, 2.75) is 58.9 Å². The Morgan fingerprint density at radius 3 is 2.80 bits per heavy atom. The largest absolute Gasteiger partial charge is 0.461 e. The topological polar surface area (TPSA) is 70.1 Å². The summed E-state index contributed by atoms with van der Waals surface area (Å²) in [6.45, 7) is 6.30. The highest BCUT2D eigenvalue weighted by molar-refractivity contribution is 5.92. The Bertz CT molecular complexity index is 482. The monoisotopic (exact) mass is 279 g/mol. The number of rotatable bonds is 3. The lowest BCUT2D eigenvalue weighted by molar-refractivity contribution is 0.0521. The second-order valence-electron chi connectivity index (χ2n) is 5.67. The van der Waals surface area contributed by atoms with Crippen molar-refractivity contribution in [2.24, 2.45) is 5.92 Å². The van der Waals surface area contributed by atoms with Gasteiger partial charge in [0.1, 0.15) is 11.6 Å². The van der Waals surface area contributed by atoms with Crippen molar-refractivity contribution in [1.29, 1.82) is 0 Å². The van der Waals surface area contributed by atoms with E-state index < -0.39 is 5.97 Å². The molecule has 0 amide bonds. The first-order valence-electron chi connectivity index (χ1n) is 7.57. The smallest absolute Gasteiger partial charge is 0.360 e. The van der Waals surface area contributed by atoms with Crippen LogP contribution in [-0.4, -0.2) is 22.1 Å². The van der Waals surface area contributed by atoms with Crippen LogP contribution in [0, 0.1) is 12.8 Å². The van der Waals surface area contributed by atoms with Crippen molar-refractivity contribution < 1.29 is 9.53 Å². The molecule has 2 rings (SSSR count). The van der Waals surface area contributed by atoms with Gasteiger partial charge < -0.3 is 15.0 Å². The van der Waals surface area contributed by atoms with Gasteiger partial charge >= 0.3 is 5.97 Å². The predicted molar refractivity (Wildman–Crippen MR) is 78.6 cm³/mol. The molecule has 2 N–H and O–H groups in total. The average molecular weight is 279 g/mol. The van der Waals surface area contributed by atoms with Crippen LogP contribution >= 0.6 is 0 Å². The summed E-state index contributed by atoms with van der Waals surface area (Å²) in [7, 11) is 0. The van der Waals surface area contributed by atoms with Crippen LogP contribution in [-0.2, 0) is 4.74 Å². The first-order chi connectivity index (χ1) is 9.56. The maximum Gasteiger partial charge on any atom is 0.360 e. The molecule has 20 heavy (non-hydrogen) atoms.